The topological polar surface area (TPSA) is 158 Å². The average Bonchev–Trinajstić information content (AvgIpc) is 3.66. The Balaban J connectivity index is 1.08. The normalized spacial score (nSPS) is 20.7. The number of nitriles is 1. The van der Waals surface area contributed by atoms with Crippen molar-refractivity contribution in [1.82, 2.24) is 24.6 Å². The smallest absolute Gasteiger partial charge is 0.425 e. The van der Waals surface area contributed by atoms with Gasteiger partial charge in [-0.1, -0.05) is 24.3 Å². The van der Waals surface area contributed by atoms with Crippen LogP contribution in [0.2, 0.25) is 0 Å². The first-order valence-corrected chi connectivity index (χ1v) is 19.7. The van der Waals surface area contributed by atoms with Crippen molar-refractivity contribution in [3.63, 3.8) is 0 Å². The van der Waals surface area contributed by atoms with Crippen LogP contribution in [-0.4, -0.2) is 111 Å². The van der Waals surface area contributed by atoms with Crippen LogP contribution in [0.1, 0.15) is 49.8 Å². The van der Waals surface area contributed by atoms with Crippen molar-refractivity contribution in [2.45, 2.75) is 74.4 Å². The number of carbonyl (C=O) groups excluding carboxylic acids is 3. The highest BCUT2D eigenvalue weighted by Crippen LogP contribution is 2.42. The minimum absolute atomic E-state index is 0.0634. The zero-order chi connectivity index (χ0) is 41.2. The van der Waals surface area contributed by atoms with Crippen LogP contribution in [0, 0.1) is 28.8 Å². The number of halogens is 3. The van der Waals surface area contributed by atoms with Crippen LogP contribution >= 0.6 is 11.8 Å². The molecule has 58 heavy (non-hydrogen) atoms. The molecule has 0 radical (unpaired) electrons. The number of likely N-dealkylation sites (tertiary alicyclic amines) is 2. The van der Waals surface area contributed by atoms with Crippen LogP contribution < -0.4 is 0 Å². The molecule has 3 unspecified atom stereocenters. The van der Waals surface area contributed by atoms with Crippen LogP contribution in [-0.2, 0) is 45.4 Å². The van der Waals surface area contributed by atoms with Gasteiger partial charge >= 0.3 is 12.1 Å². The molecule has 3 fully saturated rings. The molecular formula is C40H43F3N6O8S. The van der Waals surface area contributed by atoms with Crippen molar-refractivity contribution in [2.75, 3.05) is 39.4 Å². The molecule has 14 nitrogen and oxygen atoms in total. The predicted octanol–water partition coefficient (Wildman–Crippen LogP) is 5.33. The number of carbonyl (C=O) groups is 3. The first kappa shape index (κ1) is 42.4. The molecule has 1 aromatic heterocycles. The van der Waals surface area contributed by atoms with Crippen molar-refractivity contribution < 1.29 is 51.2 Å². The summed E-state index contributed by atoms with van der Waals surface area (Å²) in [6, 6.07) is 9.28. The molecule has 0 spiro atoms. The lowest BCUT2D eigenvalue weighted by atomic mass is 9.89. The molecule has 6 rings (SSSR count). The van der Waals surface area contributed by atoms with Crippen LogP contribution in [0.4, 0.5) is 18.0 Å². The lowest BCUT2D eigenvalue weighted by Gasteiger charge is -2.49. The Kier molecular flexibility index (Phi) is 14.2. The molecule has 3 aliphatic heterocycles. The second-order valence-electron chi connectivity index (χ2n) is 14.0. The molecule has 308 valence electrons. The summed E-state index contributed by atoms with van der Waals surface area (Å²) in [6.45, 7) is 6.37. The fraction of sp³-hybridized carbons (Fsp3) is 0.450. The highest BCUT2D eigenvalue weighted by molar-refractivity contribution is 8.00. The van der Waals surface area contributed by atoms with E-state index in [4.69, 9.17) is 28.9 Å². The first-order chi connectivity index (χ1) is 27.9. The quantitative estimate of drug-likeness (QED) is 0.104. The Morgan fingerprint density at radius 1 is 1.03 bits per heavy atom. The zero-order valence-electron chi connectivity index (χ0n) is 31.9. The van der Waals surface area contributed by atoms with Gasteiger partial charge in [0.15, 0.2) is 11.9 Å². The third kappa shape index (κ3) is 10.8. The van der Waals surface area contributed by atoms with E-state index in [1.165, 1.54) is 60.3 Å². The minimum Gasteiger partial charge on any atom is -0.425 e. The van der Waals surface area contributed by atoms with E-state index >= 15 is 4.39 Å². The number of ether oxygens (including phenoxy) is 5. The largest absolute Gasteiger partial charge is 0.512 e. The molecule has 3 aliphatic rings. The summed E-state index contributed by atoms with van der Waals surface area (Å²) in [5, 5.41) is 11.9. The molecule has 0 saturated carbocycles. The highest BCUT2D eigenvalue weighted by atomic mass is 32.2. The standard InChI is InChI=1S/C40H43F3N6O8S/c1-26(58-32-21-53-38(54-22-32)7-4-3-6-29-9-8-28(18-44)16-34(29)42)40(23-49-25-45-24-46-49,33-11-10-30(41)17-35(33)43)57-39(52)56-27(2)55-37(51)13-12-36(50)48-19-31(20-48)47-14-5-15-47/h3-4,6-11,16-17,24-27,31-32,38H,5,12-15,19-23H2,1-2H3. The molecule has 18 heteroatoms. The van der Waals surface area contributed by atoms with Crippen LogP contribution in [0.15, 0.2) is 67.3 Å². The summed E-state index contributed by atoms with van der Waals surface area (Å²) in [5.41, 5.74) is -1.57. The Morgan fingerprint density at radius 3 is 2.47 bits per heavy atom. The fourth-order valence-electron chi connectivity index (χ4n) is 6.66. The maximum absolute atomic E-state index is 15.8. The first-order valence-electron chi connectivity index (χ1n) is 18.7. The molecule has 3 saturated heterocycles. The number of thioether (sulfide) groups is 1. The summed E-state index contributed by atoms with van der Waals surface area (Å²) in [4.78, 5) is 46.7. The van der Waals surface area contributed by atoms with Crippen molar-refractivity contribution >= 4 is 35.9 Å². The van der Waals surface area contributed by atoms with E-state index in [0.29, 0.717) is 30.8 Å². The maximum atomic E-state index is 15.8. The number of amides is 1. The van der Waals surface area contributed by atoms with Crippen molar-refractivity contribution in [2.24, 2.45) is 0 Å². The summed E-state index contributed by atoms with van der Waals surface area (Å²) in [7, 11) is 0. The van der Waals surface area contributed by atoms with Crippen molar-refractivity contribution in [1.29, 1.82) is 5.26 Å². The number of allylic oxidation sites excluding steroid dienone is 2. The number of benzene rings is 2. The second kappa shape index (κ2) is 19.5. The van der Waals surface area contributed by atoms with Crippen LogP contribution in [0.3, 0.4) is 0 Å². The average molecular weight is 825 g/mol. The number of hydrogen-bond donors (Lipinski definition) is 0. The number of hydrogen-bond acceptors (Lipinski definition) is 13. The molecule has 4 heterocycles. The molecule has 0 bridgehead atoms. The third-order valence-corrected chi connectivity index (χ3v) is 11.4. The molecule has 1 amide bonds. The zero-order valence-corrected chi connectivity index (χ0v) is 32.7. The van der Waals surface area contributed by atoms with Gasteiger partial charge in [-0.3, -0.25) is 14.5 Å². The lowest BCUT2D eigenvalue weighted by molar-refractivity contribution is -0.173. The second-order valence-corrected chi connectivity index (χ2v) is 15.6. The van der Waals surface area contributed by atoms with E-state index in [1.807, 2.05) is 6.07 Å². The van der Waals surface area contributed by atoms with E-state index in [2.05, 4.69) is 15.0 Å². The highest BCUT2D eigenvalue weighted by Gasteiger charge is 2.47. The number of rotatable bonds is 16. The van der Waals surface area contributed by atoms with E-state index in [0.717, 1.165) is 31.6 Å². The fourth-order valence-corrected chi connectivity index (χ4v) is 8.03. The van der Waals surface area contributed by atoms with Gasteiger partial charge in [-0.05, 0) is 56.8 Å². The van der Waals surface area contributed by atoms with Gasteiger partial charge < -0.3 is 28.6 Å². The van der Waals surface area contributed by atoms with Crippen LogP contribution in [0.25, 0.3) is 6.08 Å². The van der Waals surface area contributed by atoms with E-state index in [-0.39, 0.29) is 54.9 Å². The minimum atomic E-state index is -1.91. The monoisotopic (exact) mass is 824 g/mol. The molecule has 3 aromatic rings. The molecule has 0 aliphatic carbocycles. The van der Waals surface area contributed by atoms with Gasteiger partial charge in [-0.15, -0.1) is 11.8 Å². The summed E-state index contributed by atoms with van der Waals surface area (Å²) in [6.07, 6.45) is 6.36. The number of nitrogens with zero attached hydrogens (tertiary/aromatic N) is 6. The SMILES string of the molecule is CC(OC(=O)CCC(=O)N1CC(N2CCC2)C1)OC(=O)OC(Cn1cncn1)(c1ccc(F)cc1F)C(C)SC1COC(C=CC=Cc2ccc(C#N)cc2F)OC1. The predicted molar refractivity (Wildman–Crippen MR) is 203 cm³/mol. The molecule has 3 atom stereocenters. The van der Waals surface area contributed by atoms with Gasteiger partial charge in [0.25, 0.3) is 0 Å². The van der Waals surface area contributed by atoms with Gasteiger partial charge in [0, 0.05) is 54.9 Å². The van der Waals surface area contributed by atoms with Gasteiger partial charge in [0.2, 0.25) is 12.2 Å². The Bertz CT molecular complexity index is 2010. The molecule has 2 aromatic carbocycles. The van der Waals surface area contributed by atoms with Gasteiger partial charge in [-0.25, -0.2) is 27.6 Å². The Labute approximate surface area is 337 Å². The summed E-state index contributed by atoms with van der Waals surface area (Å²) in [5.74, 6) is -3.32. The van der Waals surface area contributed by atoms with Gasteiger partial charge in [0.05, 0.1) is 43.1 Å². The Hall–Kier alpha value is -5.22. The summed E-state index contributed by atoms with van der Waals surface area (Å²) >= 11 is 1.25. The van der Waals surface area contributed by atoms with E-state index in [9.17, 15) is 23.2 Å². The van der Waals surface area contributed by atoms with Crippen molar-refractivity contribution in [3.8, 4) is 6.07 Å². The number of aromatic nitrogens is 3. The molecule has 0 N–H and O–H groups in total. The summed E-state index contributed by atoms with van der Waals surface area (Å²) < 4.78 is 73.8. The molecular weight excluding hydrogens is 782 g/mol. The van der Waals surface area contributed by atoms with Gasteiger partial charge in [0.1, 0.15) is 30.1 Å². The van der Waals surface area contributed by atoms with Crippen LogP contribution in [0.5, 0.6) is 0 Å². The van der Waals surface area contributed by atoms with E-state index in [1.54, 1.807) is 30.1 Å². The third-order valence-electron chi connectivity index (χ3n) is 9.97. The van der Waals surface area contributed by atoms with Gasteiger partial charge in [-0.2, -0.15) is 10.4 Å². The van der Waals surface area contributed by atoms with Crippen molar-refractivity contribution in [3.05, 3.63) is 101 Å². The maximum Gasteiger partial charge on any atom is 0.512 e. The Morgan fingerprint density at radius 2 is 1.81 bits per heavy atom. The number of esters is 1. The lowest BCUT2D eigenvalue weighted by Crippen LogP contribution is -2.63. The van der Waals surface area contributed by atoms with E-state index < -0.39 is 53.0 Å².